The van der Waals surface area contributed by atoms with Gasteiger partial charge in [-0.1, -0.05) is 53.5 Å². The van der Waals surface area contributed by atoms with E-state index >= 15 is 0 Å². The van der Waals surface area contributed by atoms with Crippen molar-refractivity contribution in [2.45, 2.75) is 43.7 Å². The van der Waals surface area contributed by atoms with Crippen LogP contribution < -0.4 is 0 Å². The Kier molecular flexibility index (Phi) is 4.72. The lowest BCUT2D eigenvalue weighted by atomic mass is 9.81. The summed E-state index contributed by atoms with van der Waals surface area (Å²) in [5.41, 5.74) is 2.28. The van der Waals surface area contributed by atoms with E-state index in [0.717, 1.165) is 16.1 Å². The van der Waals surface area contributed by atoms with Gasteiger partial charge >= 0.3 is 0 Å². The van der Waals surface area contributed by atoms with Crippen LogP contribution in [-0.2, 0) is 4.79 Å². The number of carbonyl (C=O) groups is 1. The second kappa shape index (κ2) is 7.24. The summed E-state index contributed by atoms with van der Waals surface area (Å²) in [6.45, 7) is 0. The van der Waals surface area contributed by atoms with E-state index in [0.29, 0.717) is 22.9 Å². The molecule has 1 heterocycles. The zero-order chi connectivity index (χ0) is 19.3. The van der Waals surface area contributed by atoms with Crippen molar-refractivity contribution in [1.29, 1.82) is 0 Å². The summed E-state index contributed by atoms with van der Waals surface area (Å²) in [5.74, 6) is 1.52. The minimum absolute atomic E-state index is 0.0283. The summed E-state index contributed by atoms with van der Waals surface area (Å²) in [6.07, 6.45) is 8.79. The van der Waals surface area contributed by atoms with Crippen molar-refractivity contribution in [3.05, 3.63) is 81.9 Å². The molecule has 2 aliphatic carbocycles. The van der Waals surface area contributed by atoms with Gasteiger partial charge in [0.05, 0.1) is 6.04 Å². The summed E-state index contributed by atoms with van der Waals surface area (Å²) < 4.78 is 0. The topological polar surface area (TPSA) is 20.3 Å². The Morgan fingerprint density at radius 2 is 1.54 bits per heavy atom. The molecule has 5 rings (SSSR count). The highest BCUT2D eigenvalue weighted by Gasteiger charge is 2.50. The molecule has 3 aliphatic rings. The molecule has 2 aromatic rings. The summed E-state index contributed by atoms with van der Waals surface area (Å²) >= 11 is 12.5. The molecule has 28 heavy (non-hydrogen) atoms. The van der Waals surface area contributed by atoms with Crippen LogP contribution in [0.15, 0.2) is 60.7 Å². The zero-order valence-electron chi connectivity index (χ0n) is 15.6. The van der Waals surface area contributed by atoms with Crippen molar-refractivity contribution in [3.8, 4) is 0 Å². The van der Waals surface area contributed by atoms with Crippen molar-refractivity contribution >= 4 is 29.1 Å². The second-order valence-corrected chi connectivity index (χ2v) is 9.22. The molecule has 0 aromatic heterocycles. The Morgan fingerprint density at radius 1 is 0.857 bits per heavy atom. The number of halogens is 2. The van der Waals surface area contributed by atoms with Gasteiger partial charge in [-0.25, -0.2) is 0 Å². The summed E-state index contributed by atoms with van der Waals surface area (Å²) in [5, 5.41) is 1.44. The molecule has 144 valence electrons. The number of nitrogens with zero attached hydrogens (tertiary/aromatic N) is 1. The van der Waals surface area contributed by atoms with Crippen LogP contribution >= 0.6 is 23.2 Å². The highest BCUT2D eigenvalue weighted by molar-refractivity contribution is 6.30. The fraction of sp³-hybridized carbons (Fsp3) is 0.375. The number of benzene rings is 2. The summed E-state index contributed by atoms with van der Waals surface area (Å²) in [7, 11) is 0. The predicted molar refractivity (Wildman–Crippen MR) is 114 cm³/mol. The largest absolute Gasteiger partial charge is 0.328 e. The lowest BCUT2D eigenvalue weighted by Gasteiger charge is -2.44. The monoisotopic (exact) mass is 411 g/mol. The molecule has 0 bridgehead atoms. The molecule has 2 atom stereocenters. The van der Waals surface area contributed by atoms with E-state index < -0.39 is 0 Å². The maximum atomic E-state index is 13.2. The molecule has 1 unspecified atom stereocenters. The Labute approximate surface area is 176 Å². The first-order valence-electron chi connectivity index (χ1n) is 10.1. The molecule has 0 spiro atoms. The number of carbonyl (C=O) groups excluding carboxylic acids is 1. The van der Waals surface area contributed by atoms with E-state index in [9.17, 15) is 4.79 Å². The van der Waals surface area contributed by atoms with Gasteiger partial charge in [0.15, 0.2) is 0 Å². The van der Waals surface area contributed by atoms with Gasteiger partial charge in [0, 0.05) is 22.0 Å². The number of amides is 1. The lowest BCUT2D eigenvalue weighted by molar-refractivity contribution is -0.133. The number of rotatable bonds is 5. The van der Waals surface area contributed by atoms with Gasteiger partial charge in [0.1, 0.15) is 0 Å². The van der Waals surface area contributed by atoms with E-state index in [1.807, 2.05) is 30.3 Å². The third-order valence-corrected chi connectivity index (χ3v) is 6.80. The van der Waals surface area contributed by atoms with E-state index in [1.54, 1.807) is 6.08 Å². The normalized spacial score (nSPS) is 24.8. The van der Waals surface area contributed by atoms with Crippen molar-refractivity contribution < 1.29 is 4.79 Å². The molecular weight excluding hydrogens is 389 g/mol. The van der Waals surface area contributed by atoms with Gasteiger partial charge in [0.25, 0.3) is 0 Å². The van der Waals surface area contributed by atoms with E-state index in [1.165, 1.54) is 25.7 Å². The van der Waals surface area contributed by atoms with Crippen molar-refractivity contribution in [3.63, 3.8) is 0 Å². The van der Waals surface area contributed by atoms with E-state index in [4.69, 9.17) is 23.2 Å². The fourth-order valence-corrected chi connectivity index (χ4v) is 5.09. The van der Waals surface area contributed by atoms with Crippen molar-refractivity contribution in [1.82, 2.24) is 4.90 Å². The highest BCUT2D eigenvalue weighted by atomic mass is 35.5. The Morgan fingerprint density at radius 3 is 2.14 bits per heavy atom. The molecule has 0 saturated heterocycles. The minimum atomic E-state index is -0.0283. The van der Waals surface area contributed by atoms with Crippen molar-refractivity contribution in [2.75, 3.05) is 0 Å². The van der Waals surface area contributed by atoms with Gasteiger partial charge < -0.3 is 4.90 Å². The van der Waals surface area contributed by atoms with Crippen LogP contribution in [0.5, 0.6) is 0 Å². The molecule has 2 aromatic carbocycles. The number of hydrogen-bond acceptors (Lipinski definition) is 1. The van der Waals surface area contributed by atoms with Crippen molar-refractivity contribution in [2.24, 2.45) is 11.8 Å². The second-order valence-electron chi connectivity index (χ2n) is 8.35. The highest BCUT2D eigenvalue weighted by Crippen LogP contribution is 2.52. The lowest BCUT2D eigenvalue weighted by Crippen LogP contribution is -2.48. The van der Waals surface area contributed by atoms with Gasteiger partial charge in [-0.3, -0.25) is 4.79 Å². The van der Waals surface area contributed by atoms with E-state index in [2.05, 4.69) is 29.2 Å². The molecule has 0 N–H and O–H groups in total. The first kappa shape index (κ1) is 18.3. The molecule has 2 fully saturated rings. The number of hydrogen-bond donors (Lipinski definition) is 0. The maximum Gasteiger partial charge on any atom is 0.247 e. The fourth-order valence-electron chi connectivity index (χ4n) is 4.77. The molecule has 2 saturated carbocycles. The average Bonchev–Trinajstić information content (AvgIpc) is 3.59. The summed E-state index contributed by atoms with van der Waals surface area (Å²) in [4.78, 5) is 15.4. The quantitative estimate of drug-likeness (QED) is 0.556. The molecule has 2 nitrogen and oxygen atoms in total. The Hall–Kier alpha value is -1.77. The third-order valence-electron chi connectivity index (χ3n) is 6.32. The minimum Gasteiger partial charge on any atom is -0.328 e. The van der Waals surface area contributed by atoms with Gasteiger partial charge in [-0.2, -0.15) is 0 Å². The molecule has 0 radical (unpaired) electrons. The average molecular weight is 412 g/mol. The van der Waals surface area contributed by atoms with Crippen LogP contribution in [0.1, 0.15) is 48.8 Å². The Bertz CT molecular complexity index is 902. The SMILES string of the molecule is O=C1C=C[C@H](c2cccc(Cl)c2)C(c2ccc(Cl)cc2)N1C(C1CC1)C1CC1. The molecule has 4 heteroatoms. The van der Waals surface area contributed by atoms with E-state index in [-0.39, 0.29) is 17.9 Å². The van der Waals surface area contributed by atoms with Crippen LogP contribution in [-0.4, -0.2) is 16.8 Å². The third kappa shape index (κ3) is 3.49. The molecule has 1 aliphatic heterocycles. The smallest absolute Gasteiger partial charge is 0.247 e. The Balaban J connectivity index is 1.62. The van der Waals surface area contributed by atoms with Gasteiger partial charge in [0.2, 0.25) is 5.91 Å². The van der Waals surface area contributed by atoms with Crippen LogP contribution in [0.25, 0.3) is 0 Å². The maximum absolute atomic E-state index is 13.2. The zero-order valence-corrected chi connectivity index (χ0v) is 17.1. The van der Waals surface area contributed by atoms with Crippen LogP contribution in [0.3, 0.4) is 0 Å². The standard InChI is InChI=1S/C24H23Cl2NO/c25-19-10-8-17(9-11-19)24-21(18-2-1-3-20(26)14-18)12-13-22(28)27(24)23(15-4-5-15)16-6-7-16/h1-3,8-16,21,23-24H,4-7H2/t21-,24?/m1/s1. The summed E-state index contributed by atoms with van der Waals surface area (Å²) in [6, 6.07) is 16.3. The van der Waals surface area contributed by atoms with Crippen LogP contribution in [0.2, 0.25) is 10.0 Å². The first-order valence-corrected chi connectivity index (χ1v) is 10.9. The molecular formula is C24H23Cl2NO. The van der Waals surface area contributed by atoms with Gasteiger partial charge in [-0.15, -0.1) is 0 Å². The predicted octanol–water partition coefficient (Wildman–Crippen LogP) is 6.41. The van der Waals surface area contributed by atoms with Crippen LogP contribution in [0, 0.1) is 11.8 Å². The van der Waals surface area contributed by atoms with Gasteiger partial charge in [-0.05, 0) is 79.0 Å². The molecule has 1 amide bonds. The van der Waals surface area contributed by atoms with Crippen LogP contribution in [0.4, 0.5) is 0 Å². The first-order chi connectivity index (χ1) is 13.6.